The first kappa shape index (κ1) is 15.6. The van der Waals surface area contributed by atoms with E-state index in [0.29, 0.717) is 12.0 Å². The van der Waals surface area contributed by atoms with Crippen molar-refractivity contribution in [3.63, 3.8) is 0 Å². The SMILES string of the molecule is CCC(c1ccccc1)C(Cc1cccc(OC)c1)NC. The third kappa shape index (κ3) is 4.08. The summed E-state index contributed by atoms with van der Waals surface area (Å²) in [4.78, 5) is 0. The highest BCUT2D eigenvalue weighted by Gasteiger charge is 2.20. The molecule has 2 aromatic carbocycles. The lowest BCUT2D eigenvalue weighted by Crippen LogP contribution is -2.34. The highest BCUT2D eigenvalue weighted by Crippen LogP contribution is 2.26. The molecular formula is C19H25NO. The molecule has 0 aliphatic rings. The third-order valence-electron chi connectivity index (χ3n) is 4.11. The summed E-state index contributed by atoms with van der Waals surface area (Å²) in [5, 5.41) is 3.50. The lowest BCUT2D eigenvalue weighted by atomic mass is 9.86. The van der Waals surface area contributed by atoms with E-state index in [0.717, 1.165) is 18.6 Å². The van der Waals surface area contributed by atoms with Crippen LogP contribution in [-0.4, -0.2) is 20.2 Å². The number of ether oxygens (including phenoxy) is 1. The van der Waals surface area contributed by atoms with Crippen molar-refractivity contribution in [3.05, 3.63) is 65.7 Å². The van der Waals surface area contributed by atoms with Crippen LogP contribution in [0, 0.1) is 0 Å². The Morgan fingerprint density at radius 3 is 2.43 bits per heavy atom. The average molecular weight is 283 g/mol. The minimum Gasteiger partial charge on any atom is -0.497 e. The zero-order valence-electron chi connectivity index (χ0n) is 13.2. The predicted molar refractivity (Wildman–Crippen MR) is 89.0 cm³/mol. The van der Waals surface area contributed by atoms with Gasteiger partial charge in [0.15, 0.2) is 0 Å². The van der Waals surface area contributed by atoms with Crippen molar-refractivity contribution in [2.45, 2.75) is 31.7 Å². The molecule has 2 unspecified atom stereocenters. The lowest BCUT2D eigenvalue weighted by Gasteiger charge is -2.26. The molecule has 2 atom stereocenters. The standard InChI is InChI=1S/C19H25NO/c1-4-18(16-10-6-5-7-11-16)19(20-2)14-15-9-8-12-17(13-15)21-3/h5-13,18-20H,4,14H2,1-3H3. The molecule has 21 heavy (non-hydrogen) atoms. The first-order valence-electron chi connectivity index (χ1n) is 7.63. The first-order chi connectivity index (χ1) is 10.3. The summed E-state index contributed by atoms with van der Waals surface area (Å²) in [6.07, 6.45) is 2.13. The molecule has 0 aliphatic carbocycles. The number of hydrogen-bond donors (Lipinski definition) is 1. The molecule has 2 heteroatoms. The van der Waals surface area contributed by atoms with Crippen molar-refractivity contribution >= 4 is 0 Å². The zero-order chi connectivity index (χ0) is 15.1. The normalized spacial score (nSPS) is 13.7. The smallest absolute Gasteiger partial charge is 0.119 e. The molecule has 0 bridgehead atoms. The van der Waals surface area contributed by atoms with Crippen molar-refractivity contribution in [1.29, 1.82) is 0 Å². The van der Waals surface area contributed by atoms with E-state index in [1.54, 1.807) is 7.11 Å². The quantitative estimate of drug-likeness (QED) is 0.828. The van der Waals surface area contributed by atoms with Gasteiger partial charge >= 0.3 is 0 Å². The van der Waals surface area contributed by atoms with Crippen molar-refractivity contribution in [1.82, 2.24) is 5.32 Å². The van der Waals surface area contributed by atoms with Gasteiger partial charge in [-0.15, -0.1) is 0 Å². The fourth-order valence-corrected chi connectivity index (χ4v) is 2.95. The van der Waals surface area contributed by atoms with Gasteiger partial charge in [0.2, 0.25) is 0 Å². The van der Waals surface area contributed by atoms with E-state index in [9.17, 15) is 0 Å². The van der Waals surface area contributed by atoms with Crippen LogP contribution in [0.25, 0.3) is 0 Å². The second-order valence-electron chi connectivity index (χ2n) is 5.38. The number of benzene rings is 2. The summed E-state index contributed by atoms with van der Waals surface area (Å²) in [6.45, 7) is 2.26. The molecule has 0 saturated heterocycles. The average Bonchev–Trinajstić information content (AvgIpc) is 2.55. The Kier molecular flexibility index (Phi) is 5.82. The van der Waals surface area contributed by atoms with Gasteiger partial charge < -0.3 is 10.1 Å². The minimum atomic E-state index is 0.421. The molecule has 2 aromatic rings. The molecular weight excluding hydrogens is 258 g/mol. The Bertz CT molecular complexity index is 538. The van der Waals surface area contributed by atoms with Crippen LogP contribution in [0.15, 0.2) is 54.6 Å². The molecule has 2 nitrogen and oxygen atoms in total. The third-order valence-corrected chi connectivity index (χ3v) is 4.11. The maximum absolute atomic E-state index is 5.32. The summed E-state index contributed by atoms with van der Waals surface area (Å²) >= 11 is 0. The summed E-state index contributed by atoms with van der Waals surface area (Å²) in [5.74, 6) is 1.44. The molecule has 1 N–H and O–H groups in total. The van der Waals surface area contributed by atoms with Gasteiger partial charge in [0.25, 0.3) is 0 Å². The highest BCUT2D eigenvalue weighted by atomic mass is 16.5. The second kappa shape index (κ2) is 7.84. The Balaban J connectivity index is 2.17. The van der Waals surface area contributed by atoms with Crippen LogP contribution < -0.4 is 10.1 Å². The van der Waals surface area contributed by atoms with Gasteiger partial charge in [0, 0.05) is 6.04 Å². The second-order valence-corrected chi connectivity index (χ2v) is 5.38. The van der Waals surface area contributed by atoms with Gasteiger partial charge in [-0.3, -0.25) is 0 Å². The molecule has 0 spiro atoms. The van der Waals surface area contributed by atoms with Crippen molar-refractivity contribution in [2.24, 2.45) is 0 Å². The van der Waals surface area contributed by atoms with E-state index in [1.807, 2.05) is 6.07 Å². The van der Waals surface area contributed by atoms with Crippen molar-refractivity contribution < 1.29 is 4.74 Å². The molecule has 0 heterocycles. The molecule has 0 aliphatic heterocycles. The first-order valence-corrected chi connectivity index (χ1v) is 7.63. The number of rotatable bonds is 7. The molecule has 0 saturated carbocycles. The molecule has 0 radical (unpaired) electrons. The van der Waals surface area contributed by atoms with Gasteiger partial charge in [-0.25, -0.2) is 0 Å². The fourth-order valence-electron chi connectivity index (χ4n) is 2.95. The zero-order valence-corrected chi connectivity index (χ0v) is 13.2. The van der Waals surface area contributed by atoms with Gasteiger partial charge in [-0.2, -0.15) is 0 Å². The molecule has 2 rings (SSSR count). The Morgan fingerprint density at radius 2 is 1.81 bits per heavy atom. The van der Waals surface area contributed by atoms with Crippen LogP contribution >= 0.6 is 0 Å². The van der Waals surface area contributed by atoms with Gasteiger partial charge in [0.1, 0.15) is 5.75 Å². The Labute approximate surface area is 128 Å². The fraction of sp³-hybridized carbons (Fsp3) is 0.368. The molecule has 0 fully saturated rings. The van der Waals surface area contributed by atoms with E-state index in [-0.39, 0.29) is 0 Å². The van der Waals surface area contributed by atoms with E-state index >= 15 is 0 Å². The van der Waals surface area contributed by atoms with Gasteiger partial charge in [0.05, 0.1) is 7.11 Å². The summed E-state index contributed by atoms with van der Waals surface area (Å²) in [5.41, 5.74) is 2.71. The lowest BCUT2D eigenvalue weighted by molar-refractivity contribution is 0.412. The maximum Gasteiger partial charge on any atom is 0.119 e. The summed E-state index contributed by atoms with van der Waals surface area (Å²) in [6, 6.07) is 19.5. The van der Waals surface area contributed by atoms with Crippen LogP contribution in [0.2, 0.25) is 0 Å². The van der Waals surface area contributed by atoms with Crippen LogP contribution in [0.4, 0.5) is 0 Å². The van der Waals surface area contributed by atoms with Gasteiger partial charge in [-0.05, 0) is 49.1 Å². The summed E-state index contributed by atoms with van der Waals surface area (Å²) < 4.78 is 5.32. The van der Waals surface area contributed by atoms with Crippen molar-refractivity contribution in [2.75, 3.05) is 14.2 Å². The van der Waals surface area contributed by atoms with Crippen LogP contribution in [0.5, 0.6) is 5.75 Å². The topological polar surface area (TPSA) is 21.3 Å². The van der Waals surface area contributed by atoms with E-state index in [1.165, 1.54) is 11.1 Å². The number of nitrogens with one attached hydrogen (secondary N) is 1. The predicted octanol–water partition coefficient (Wildman–Crippen LogP) is 4.02. The number of hydrogen-bond acceptors (Lipinski definition) is 2. The minimum absolute atomic E-state index is 0.421. The maximum atomic E-state index is 5.32. The van der Waals surface area contributed by atoms with E-state index in [4.69, 9.17) is 4.74 Å². The van der Waals surface area contributed by atoms with E-state index < -0.39 is 0 Å². The number of likely N-dealkylation sites (N-methyl/N-ethyl adjacent to an activating group) is 1. The van der Waals surface area contributed by atoms with Crippen LogP contribution in [0.3, 0.4) is 0 Å². The number of methoxy groups -OCH3 is 1. The molecule has 112 valence electrons. The summed E-state index contributed by atoms with van der Waals surface area (Å²) in [7, 11) is 3.77. The monoisotopic (exact) mass is 283 g/mol. The van der Waals surface area contributed by atoms with Gasteiger partial charge in [-0.1, -0.05) is 49.4 Å². The molecule has 0 amide bonds. The highest BCUT2D eigenvalue weighted by molar-refractivity contribution is 5.30. The van der Waals surface area contributed by atoms with E-state index in [2.05, 4.69) is 67.8 Å². The van der Waals surface area contributed by atoms with Crippen LogP contribution in [0.1, 0.15) is 30.4 Å². The van der Waals surface area contributed by atoms with Crippen molar-refractivity contribution in [3.8, 4) is 5.75 Å². The van der Waals surface area contributed by atoms with Crippen LogP contribution in [-0.2, 0) is 6.42 Å². The Morgan fingerprint density at radius 1 is 1.05 bits per heavy atom. The molecule has 0 aromatic heterocycles. The Hall–Kier alpha value is -1.80. The largest absolute Gasteiger partial charge is 0.497 e.